The summed E-state index contributed by atoms with van der Waals surface area (Å²) in [5.41, 5.74) is -2.51. The number of hydrogen-bond acceptors (Lipinski definition) is 5. The molecule has 0 unspecified atom stereocenters. The van der Waals surface area contributed by atoms with Crippen LogP contribution in [0.5, 0.6) is 5.75 Å². The number of carbonyl (C=O) groups is 3. The number of rotatable bonds is 27. The first-order chi connectivity index (χ1) is 22.8. The number of aliphatic carboxylic acids is 1. The molecule has 0 aliphatic rings. The lowest BCUT2D eigenvalue weighted by Crippen LogP contribution is -2.56. The maximum Gasteiger partial charge on any atom is 0.337 e. The fraction of sp³-hybridized carbons (Fsp3) is 0.694. The maximum atomic E-state index is 14.1. The van der Waals surface area contributed by atoms with Crippen molar-refractivity contribution < 1.29 is 46.9 Å². The minimum absolute atomic E-state index is 0.00463. The molecule has 1 aromatic rings. The van der Waals surface area contributed by atoms with Crippen LogP contribution >= 0.6 is 0 Å². The summed E-state index contributed by atoms with van der Waals surface area (Å²) in [6.45, 7) is 4.66. The fourth-order valence-corrected chi connectivity index (χ4v) is 5.33. The molecule has 12 heteroatoms. The van der Waals surface area contributed by atoms with E-state index in [0.717, 1.165) is 44.6 Å². The van der Waals surface area contributed by atoms with Crippen LogP contribution in [0, 0.1) is 5.92 Å². The molecule has 274 valence electrons. The molecule has 0 saturated carbocycles. The summed E-state index contributed by atoms with van der Waals surface area (Å²) in [6.07, 6.45) is 5.97. The summed E-state index contributed by atoms with van der Waals surface area (Å²) in [4.78, 5) is 38.2. The minimum Gasteiger partial charge on any atom is -0.494 e. The molecule has 8 nitrogen and oxygen atoms in total. The van der Waals surface area contributed by atoms with Crippen molar-refractivity contribution in [3.05, 3.63) is 42.0 Å². The van der Waals surface area contributed by atoms with Gasteiger partial charge < -0.3 is 25.6 Å². The molecular weight excluding hydrogens is 632 g/mol. The first-order valence-corrected chi connectivity index (χ1v) is 17.3. The number of nitrogens with one attached hydrogen (secondary N) is 2. The number of aliphatic hydroxyl groups is 1. The molecule has 0 aliphatic heterocycles. The monoisotopic (exact) mass is 688 g/mol. The van der Waals surface area contributed by atoms with Gasteiger partial charge in [0, 0.05) is 32.7 Å². The van der Waals surface area contributed by atoms with Crippen molar-refractivity contribution >= 4 is 17.8 Å². The van der Waals surface area contributed by atoms with Crippen LogP contribution in [0.1, 0.15) is 116 Å². The van der Waals surface area contributed by atoms with Gasteiger partial charge in [0.2, 0.25) is 24.2 Å². The van der Waals surface area contributed by atoms with Crippen molar-refractivity contribution in [1.82, 2.24) is 10.6 Å². The number of ether oxygens (including phenoxy) is 1. The second-order valence-electron chi connectivity index (χ2n) is 12.4. The zero-order valence-corrected chi connectivity index (χ0v) is 28.8. The standard InChI is InChI=1S/C36H56F4N2O6/c1-4-6-8-12-15-22-35(39,40)23-16-13-10-9-11-14-17-29(36(47,34(45)46)26-31(37)38)32(43)42-30(33(44)41-3)25-27-18-20-28(21-19-27)48-24-7-5-2/h14,17-21,29-31,47H,4-13,15-16,22-26H2,1-3H3,(H,41,44)(H,42,43)(H,45,46)/b17-14+/t29-,30+,36+/m1/s1. The second kappa shape index (κ2) is 23.2. The molecule has 0 radical (unpaired) electrons. The Bertz CT molecular complexity index is 1100. The molecule has 0 aliphatic carbocycles. The summed E-state index contributed by atoms with van der Waals surface area (Å²) < 4.78 is 60.8. The SMILES string of the molecule is CCCCCCCC(F)(F)CCCCCC/C=C/[C@H](C(=O)N[C@@H](Cc1ccc(OCCCC)cc1)C(=O)NC)[C@@](O)(CC(F)F)C(=O)O. The third kappa shape index (κ3) is 16.8. The van der Waals surface area contributed by atoms with Crippen molar-refractivity contribution in [3.63, 3.8) is 0 Å². The molecular formula is C36H56F4N2O6. The van der Waals surface area contributed by atoms with Crippen molar-refractivity contribution in [2.75, 3.05) is 13.7 Å². The normalized spacial score (nSPS) is 14.4. The molecule has 3 atom stereocenters. The number of likely N-dealkylation sites (N-methyl/N-ethyl adjacent to an activating group) is 1. The summed E-state index contributed by atoms with van der Waals surface area (Å²) in [6, 6.07) is 5.64. The van der Waals surface area contributed by atoms with Gasteiger partial charge >= 0.3 is 5.97 Å². The Kier molecular flexibility index (Phi) is 20.8. The van der Waals surface area contributed by atoms with Crippen molar-refractivity contribution in [2.45, 2.75) is 141 Å². The number of unbranched alkanes of at least 4 members (excludes halogenated alkanes) is 9. The molecule has 0 aromatic heterocycles. The Hall–Kier alpha value is -3.15. The number of amides is 2. The van der Waals surface area contributed by atoms with Crippen LogP contribution < -0.4 is 15.4 Å². The van der Waals surface area contributed by atoms with E-state index in [9.17, 15) is 42.2 Å². The zero-order valence-electron chi connectivity index (χ0n) is 28.8. The van der Waals surface area contributed by atoms with Gasteiger partial charge in [0.25, 0.3) is 0 Å². The lowest BCUT2D eigenvalue weighted by Gasteiger charge is -2.31. The van der Waals surface area contributed by atoms with E-state index in [1.807, 2.05) is 6.92 Å². The molecule has 0 saturated heterocycles. The van der Waals surface area contributed by atoms with Crippen LogP contribution in [0.25, 0.3) is 0 Å². The van der Waals surface area contributed by atoms with Crippen LogP contribution in [0.4, 0.5) is 17.6 Å². The van der Waals surface area contributed by atoms with Gasteiger partial charge in [-0.15, -0.1) is 0 Å². The van der Waals surface area contributed by atoms with Gasteiger partial charge in [-0.2, -0.15) is 0 Å². The van der Waals surface area contributed by atoms with Gasteiger partial charge in [-0.25, -0.2) is 22.4 Å². The van der Waals surface area contributed by atoms with Crippen LogP contribution in [-0.2, 0) is 20.8 Å². The number of halogens is 4. The highest BCUT2D eigenvalue weighted by Crippen LogP contribution is 2.30. The van der Waals surface area contributed by atoms with E-state index in [2.05, 4.69) is 17.6 Å². The van der Waals surface area contributed by atoms with E-state index in [-0.39, 0.29) is 19.3 Å². The van der Waals surface area contributed by atoms with Crippen molar-refractivity contribution in [3.8, 4) is 5.75 Å². The Labute approximate surface area is 283 Å². The predicted molar refractivity (Wildman–Crippen MR) is 178 cm³/mol. The molecule has 2 amide bonds. The predicted octanol–water partition coefficient (Wildman–Crippen LogP) is 7.62. The van der Waals surface area contributed by atoms with Gasteiger partial charge in [0.15, 0.2) is 5.60 Å². The first kappa shape index (κ1) is 42.9. The Morgan fingerprint density at radius 1 is 0.875 bits per heavy atom. The van der Waals surface area contributed by atoms with E-state index in [4.69, 9.17) is 4.74 Å². The van der Waals surface area contributed by atoms with Gasteiger partial charge in [-0.1, -0.05) is 83.1 Å². The number of carboxylic acid groups (broad SMARTS) is 1. The topological polar surface area (TPSA) is 125 Å². The average Bonchev–Trinajstić information content (AvgIpc) is 3.03. The number of benzene rings is 1. The number of carbonyl (C=O) groups excluding carboxylic acids is 2. The van der Waals surface area contributed by atoms with E-state index in [0.29, 0.717) is 56.4 Å². The molecule has 1 aromatic carbocycles. The Morgan fingerprint density at radius 2 is 1.46 bits per heavy atom. The molecule has 48 heavy (non-hydrogen) atoms. The van der Waals surface area contributed by atoms with E-state index < -0.39 is 54.1 Å². The summed E-state index contributed by atoms with van der Waals surface area (Å²) >= 11 is 0. The maximum absolute atomic E-state index is 14.1. The molecule has 1 rings (SSSR count). The van der Waals surface area contributed by atoms with Gasteiger partial charge in [-0.3, -0.25) is 9.59 Å². The number of carboxylic acids is 1. The molecule has 0 spiro atoms. The van der Waals surface area contributed by atoms with E-state index >= 15 is 0 Å². The fourth-order valence-electron chi connectivity index (χ4n) is 5.33. The Morgan fingerprint density at radius 3 is 2.00 bits per heavy atom. The van der Waals surface area contributed by atoms with E-state index in [1.54, 1.807) is 24.3 Å². The summed E-state index contributed by atoms with van der Waals surface area (Å²) in [5.74, 6) is -7.73. The van der Waals surface area contributed by atoms with Crippen LogP contribution in [-0.4, -0.2) is 65.6 Å². The van der Waals surface area contributed by atoms with Crippen LogP contribution in [0.15, 0.2) is 36.4 Å². The third-order valence-electron chi connectivity index (χ3n) is 8.28. The smallest absolute Gasteiger partial charge is 0.337 e. The highest BCUT2D eigenvalue weighted by atomic mass is 19.3. The van der Waals surface area contributed by atoms with E-state index in [1.165, 1.54) is 13.1 Å². The van der Waals surface area contributed by atoms with Crippen LogP contribution in [0.2, 0.25) is 0 Å². The average molecular weight is 689 g/mol. The first-order valence-electron chi connectivity index (χ1n) is 17.3. The quantitative estimate of drug-likeness (QED) is 0.0428. The zero-order chi connectivity index (χ0) is 36.0. The van der Waals surface area contributed by atoms with Crippen LogP contribution in [0.3, 0.4) is 0 Å². The lowest BCUT2D eigenvalue weighted by atomic mass is 9.82. The van der Waals surface area contributed by atoms with Crippen molar-refractivity contribution in [1.29, 1.82) is 0 Å². The summed E-state index contributed by atoms with van der Waals surface area (Å²) in [5, 5.41) is 25.5. The molecule has 0 bridgehead atoms. The second-order valence-corrected chi connectivity index (χ2v) is 12.4. The minimum atomic E-state index is -3.24. The number of allylic oxidation sites excluding steroid dienone is 1. The Balaban J connectivity index is 2.89. The number of alkyl halides is 4. The third-order valence-corrected chi connectivity index (χ3v) is 8.28. The highest BCUT2D eigenvalue weighted by Gasteiger charge is 2.49. The van der Waals surface area contributed by atoms with Gasteiger partial charge in [0.05, 0.1) is 12.5 Å². The van der Waals surface area contributed by atoms with Gasteiger partial charge in [-0.05, 0) is 49.8 Å². The number of hydrogen-bond donors (Lipinski definition) is 4. The van der Waals surface area contributed by atoms with Gasteiger partial charge in [0.1, 0.15) is 11.8 Å². The molecule has 4 N–H and O–H groups in total. The highest BCUT2D eigenvalue weighted by molar-refractivity contribution is 5.93. The molecule has 0 heterocycles. The molecule has 0 fully saturated rings. The van der Waals surface area contributed by atoms with Crippen molar-refractivity contribution in [2.24, 2.45) is 5.92 Å². The largest absolute Gasteiger partial charge is 0.494 e. The lowest BCUT2D eigenvalue weighted by molar-refractivity contribution is -0.171. The summed E-state index contributed by atoms with van der Waals surface area (Å²) in [7, 11) is 1.35.